The molecule has 1 aliphatic heterocycles. The van der Waals surface area contributed by atoms with Crippen LogP contribution in [0.15, 0.2) is 30.3 Å². The molecule has 4 nitrogen and oxygen atoms in total. The number of rotatable bonds is 4. The summed E-state index contributed by atoms with van der Waals surface area (Å²) < 4.78 is 0. The van der Waals surface area contributed by atoms with E-state index in [9.17, 15) is 4.79 Å². The summed E-state index contributed by atoms with van der Waals surface area (Å²) in [5.41, 5.74) is 1.27. The highest BCUT2D eigenvalue weighted by molar-refractivity contribution is 5.74. The number of piperazine rings is 1. The summed E-state index contributed by atoms with van der Waals surface area (Å²) in [4.78, 5) is 16.5. The molecular formula is C16H23N3O. The second kappa shape index (κ2) is 6.27. The summed E-state index contributed by atoms with van der Waals surface area (Å²) in [6, 6.07) is 11.2. The van der Waals surface area contributed by atoms with Crippen LogP contribution in [0.3, 0.4) is 0 Å². The minimum atomic E-state index is 0.0939. The van der Waals surface area contributed by atoms with E-state index in [-0.39, 0.29) is 6.03 Å². The van der Waals surface area contributed by atoms with E-state index in [4.69, 9.17) is 0 Å². The van der Waals surface area contributed by atoms with Crippen LogP contribution >= 0.6 is 0 Å². The fraction of sp³-hybridized carbons (Fsp3) is 0.562. The van der Waals surface area contributed by atoms with Gasteiger partial charge in [0.15, 0.2) is 0 Å². The van der Waals surface area contributed by atoms with Crippen LogP contribution in [0, 0.1) is 0 Å². The summed E-state index contributed by atoms with van der Waals surface area (Å²) in [5.74, 6) is 0. The molecule has 108 valence electrons. The maximum Gasteiger partial charge on any atom is 0.317 e. The van der Waals surface area contributed by atoms with E-state index >= 15 is 0 Å². The minimum Gasteiger partial charge on any atom is -0.338 e. The Morgan fingerprint density at radius 3 is 2.45 bits per heavy atom. The predicted molar refractivity (Wildman–Crippen MR) is 79.7 cm³/mol. The number of benzene rings is 1. The zero-order valence-electron chi connectivity index (χ0n) is 11.9. The molecule has 20 heavy (non-hydrogen) atoms. The first-order valence-corrected chi connectivity index (χ1v) is 7.64. The first-order chi connectivity index (χ1) is 9.83. The zero-order valence-corrected chi connectivity index (χ0v) is 11.9. The Balaban J connectivity index is 1.37. The molecular weight excluding hydrogens is 250 g/mol. The van der Waals surface area contributed by atoms with Crippen molar-refractivity contribution in [2.45, 2.75) is 25.3 Å². The van der Waals surface area contributed by atoms with Crippen molar-refractivity contribution in [3.8, 4) is 0 Å². The molecule has 3 rings (SSSR count). The molecule has 0 unspecified atom stereocenters. The average molecular weight is 273 g/mol. The first kappa shape index (κ1) is 13.4. The summed E-state index contributed by atoms with van der Waals surface area (Å²) >= 11 is 0. The van der Waals surface area contributed by atoms with Crippen molar-refractivity contribution in [3.63, 3.8) is 0 Å². The fourth-order valence-electron chi connectivity index (χ4n) is 2.80. The molecule has 0 spiro atoms. The van der Waals surface area contributed by atoms with Gasteiger partial charge in [-0.05, 0) is 24.8 Å². The highest BCUT2D eigenvalue weighted by atomic mass is 16.2. The van der Waals surface area contributed by atoms with Crippen LogP contribution in [0.2, 0.25) is 0 Å². The molecule has 1 aromatic carbocycles. The van der Waals surface area contributed by atoms with Crippen LogP contribution in [0.4, 0.5) is 4.79 Å². The molecule has 0 atom stereocenters. The Hall–Kier alpha value is -1.55. The van der Waals surface area contributed by atoms with Gasteiger partial charge in [-0.15, -0.1) is 0 Å². The summed E-state index contributed by atoms with van der Waals surface area (Å²) in [6.45, 7) is 4.53. The zero-order chi connectivity index (χ0) is 13.8. The third-order valence-corrected chi connectivity index (χ3v) is 4.20. The van der Waals surface area contributed by atoms with Crippen molar-refractivity contribution in [2.75, 3.05) is 32.7 Å². The van der Waals surface area contributed by atoms with Crippen molar-refractivity contribution in [1.29, 1.82) is 0 Å². The third-order valence-electron chi connectivity index (χ3n) is 4.20. The lowest BCUT2D eigenvalue weighted by Gasteiger charge is -2.34. The van der Waals surface area contributed by atoms with E-state index in [2.05, 4.69) is 22.3 Å². The number of hydrogen-bond donors (Lipinski definition) is 1. The largest absolute Gasteiger partial charge is 0.338 e. The van der Waals surface area contributed by atoms with E-state index in [0.717, 1.165) is 38.6 Å². The van der Waals surface area contributed by atoms with Gasteiger partial charge in [0.25, 0.3) is 0 Å². The maximum absolute atomic E-state index is 12.1. The van der Waals surface area contributed by atoms with E-state index in [1.54, 1.807) is 0 Å². The average Bonchev–Trinajstić information content (AvgIpc) is 3.33. The summed E-state index contributed by atoms with van der Waals surface area (Å²) in [7, 11) is 0. The molecule has 0 bridgehead atoms. The van der Waals surface area contributed by atoms with Crippen molar-refractivity contribution in [2.24, 2.45) is 0 Å². The molecule has 1 aliphatic carbocycles. The fourth-order valence-corrected chi connectivity index (χ4v) is 2.80. The van der Waals surface area contributed by atoms with Gasteiger partial charge in [0.05, 0.1) is 0 Å². The molecule has 1 aromatic rings. The SMILES string of the molecule is O=C(NCCc1ccccc1)N1CCN(C2CC2)CC1. The van der Waals surface area contributed by atoms with Crippen LogP contribution < -0.4 is 5.32 Å². The Morgan fingerprint density at radius 1 is 1.10 bits per heavy atom. The van der Waals surface area contributed by atoms with Gasteiger partial charge in [-0.3, -0.25) is 4.90 Å². The molecule has 0 radical (unpaired) electrons. The number of urea groups is 1. The molecule has 1 N–H and O–H groups in total. The second-order valence-corrected chi connectivity index (χ2v) is 5.72. The number of carbonyl (C=O) groups excluding carboxylic acids is 1. The minimum absolute atomic E-state index is 0.0939. The summed E-state index contributed by atoms with van der Waals surface area (Å²) in [5, 5.41) is 3.03. The molecule has 2 fully saturated rings. The monoisotopic (exact) mass is 273 g/mol. The van der Waals surface area contributed by atoms with Gasteiger partial charge in [0.2, 0.25) is 0 Å². The predicted octanol–water partition coefficient (Wildman–Crippen LogP) is 1.72. The molecule has 1 saturated heterocycles. The quantitative estimate of drug-likeness (QED) is 0.906. The first-order valence-electron chi connectivity index (χ1n) is 7.64. The number of nitrogens with zero attached hydrogens (tertiary/aromatic N) is 2. The van der Waals surface area contributed by atoms with Crippen molar-refractivity contribution >= 4 is 6.03 Å². The molecule has 4 heteroatoms. The maximum atomic E-state index is 12.1. The van der Waals surface area contributed by atoms with Crippen LogP contribution in [-0.4, -0.2) is 54.6 Å². The number of hydrogen-bond acceptors (Lipinski definition) is 2. The lowest BCUT2D eigenvalue weighted by molar-refractivity contribution is 0.135. The molecule has 2 aliphatic rings. The lowest BCUT2D eigenvalue weighted by Crippen LogP contribution is -2.52. The summed E-state index contributed by atoms with van der Waals surface area (Å²) in [6.07, 6.45) is 3.60. The van der Waals surface area contributed by atoms with Crippen molar-refractivity contribution < 1.29 is 4.79 Å². The molecule has 1 heterocycles. The van der Waals surface area contributed by atoms with Crippen LogP contribution in [-0.2, 0) is 6.42 Å². The molecule has 0 aromatic heterocycles. The Morgan fingerprint density at radius 2 is 1.80 bits per heavy atom. The third kappa shape index (κ3) is 3.51. The Labute approximate surface area is 120 Å². The standard InChI is InChI=1S/C16H23N3O/c20-16(17-9-8-14-4-2-1-3-5-14)19-12-10-18(11-13-19)15-6-7-15/h1-5,15H,6-13H2,(H,17,20). The Bertz CT molecular complexity index is 436. The van der Waals surface area contributed by atoms with Crippen LogP contribution in [0.5, 0.6) is 0 Å². The van der Waals surface area contributed by atoms with Crippen molar-refractivity contribution in [1.82, 2.24) is 15.1 Å². The van der Waals surface area contributed by atoms with Gasteiger partial charge in [-0.25, -0.2) is 4.79 Å². The van der Waals surface area contributed by atoms with Gasteiger partial charge >= 0.3 is 6.03 Å². The highest BCUT2D eigenvalue weighted by Crippen LogP contribution is 2.27. The van der Waals surface area contributed by atoms with Gasteiger partial charge in [-0.2, -0.15) is 0 Å². The highest BCUT2D eigenvalue weighted by Gasteiger charge is 2.32. The van der Waals surface area contributed by atoms with E-state index in [1.165, 1.54) is 18.4 Å². The van der Waals surface area contributed by atoms with Crippen molar-refractivity contribution in [3.05, 3.63) is 35.9 Å². The van der Waals surface area contributed by atoms with Gasteiger partial charge in [-0.1, -0.05) is 30.3 Å². The van der Waals surface area contributed by atoms with Gasteiger partial charge < -0.3 is 10.2 Å². The molecule has 1 saturated carbocycles. The second-order valence-electron chi connectivity index (χ2n) is 5.72. The smallest absolute Gasteiger partial charge is 0.317 e. The lowest BCUT2D eigenvalue weighted by atomic mass is 10.1. The number of nitrogens with one attached hydrogen (secondary N) is 1. The topological polar surface area (TPSA) is 35.6 Å². The molecule has 2 amide bonds. The van der Waals surface area contributed by atoms with Gasteiger partial charge in [0.1, 0.15) is 0 Å². The van der Waals surface area contributed by atoms with Gasteiger partial charge in [0, 0.05) is 38.8 Å². The van der Waals surface area contributed by atoms with E-state index in [1.807, 2.05) is 23.1 Å². The van der Waals surface area contributed by atoms with E-state index < -0.39 is 0 Å². The van der Waals surface area contributed by atoms with Crippen LogP contribution in [0.25, 0.3) is 0 Å². The number of carbonyl (C=O) groups is 1. The van der Waals surface area contributed by atoms with E-state index in [0.29, 0.717) is 6.54 Å². The van der Waals surface area contributed by atoms with Crippen LogP contribution in [0.1, 0.15) is 18.4 Å². The Kier molecular flexibility index (Phi) is 4.21. The normalized spacial score (nSPS) is 19.9. The number of amides is 2.